The van der Waals surface area contributed by atoms with E-state index in [4.69, 9.17) is 11.6 Å². The van der Waals surface area contributed by atoms with Crippen molar-refractivity contribution >= 4 is 17.4 Å². The van der Waals surface area contributed by atoms with E-state index >= 15 is 0 Å². The van der Waals surface area contributed by atoms with Crippen molar-refractivity contribution in [1.29, 1.82) is 5.26 Å². The van der Waals surface area contributed by atoms with Gasteiger partial charge in [-0.25, -0.2) is 0 Å². The van der Waals surface area contributed by atoms with Gasteiger partial charge in [0.2, 0.25) is 0 Å². The molecule has 2 aliphatic carbocycles. The van der Waals surface area contributed by atoms with Gasteiger partial charge in [-0.3, -0.25) is 4.79 Å². The number of hydrogen-bond acceptors (Lipinski definition) is 2. The maximum atomic E-state index is 12.4. The maximum Gasteiger partial charge on any atom is 0.157 e. The minimum Gasteiger partial charge on any atom is -0.298 e. The number of carbonyl (C=O) groups is 1. The van der Waals surface area contributed by atoms with Gasteiger partial charge in [-0.1, -0.05) is 23.7 Å². The predicted octanol–water partition coefficient (Wildman–Crippen LogP) is 3.56. The van der Waals surface area contributed by atoms with Crippen LogP contribution in [0.2, 0.25) is 5.02 Å². The lowest BCUT2D eigenvalue weighted by molar-refractivity contribution is -0.123. The summed E-state index contributed by atoms with van der Waals surface area (Å²) in [5.74, 6) is 1.12. The van der Waals surface area contributed by atoms with Gasteiger partial charge >= 0.3 is 0 Å². The third-order valence-corrected chi connectivity index (χ3v) is 4.51. The Kier molecular flexibility index (Phi) is 2.87. The Morgan fingerprint density at radius 1 is 1.22 bits per heavy atom. The van der Waals surface area contributed by atoms with Crippen LogP contribution in [0.1, 0.15) is 30.7 Å². The van der Waals surface area contributed by atoms with Crippen molar-refractivity contribution in [3.8, 4) is 6.07 Å². The summed E-state index contributed by atoms with van der Waals surface area (Å²) in [4.78, 5) is 12.4. The maximum absolute atomic E-state index is 12.4. The number of ketones is 1. The van der Waals surface area contributed by atoms with Crippen molar-refractivity contribution in [2.45, 2.75) is 25.2 Å². The topological polar surface area (TPSA) is 40.9 Å². The SMILES string of the molecule is N#CC(C(=O)C1CC2CC2C1)c1ccc(Cl)cc1. The third kappa shape index (κ3) is 2.04. The molecule has 0 amide bonds. The first-order valence-electron chi connectivity index (χ1n) is 6.38. The second-order valence-electron chi connectivity index (χ2n) is 5.44. The van der Waals surface area contributed by atoms with Crippen LogP contribution in [0.5, 0.6) is 0 Å². The van der Waals surface area contributed by atoms with Crippen LogP contribution >= 0.6 is 11.6 Å². The lowest BCUT2D eigenvalue weighted by Crippen LogP contribution is -2.20. The Labute approximate surface area is 112 Å². The van der Waals surface area contributed by atoms with E-state index in [1.54, 1.807) is 24.3 Å². The molecule has 18 heavy (non-hydrogen) atoms. The summed E-state index contributed by atoms with van der Waals surface area (Å²) in [7, 11) is 0. The first-order valence-corrected chi connectivity index (χ1v) is 6.75. The minimum atomic E-state index is -0.621. The first kappa shape index (κ1) is 11.7. The molecule has 2 fully saturated rings. The average molecular weight is 260 g/mol. The van der Waals surface area contributed by atoms with E-state index in [-0.39, 0.29) is 11.7 Å². The first-order chi connectivity index (χ1) is 8.69. The van der Waals surface area contributed by atoms with Crippen molar-refractivity contribution in [3.05, 3.63) is 34.9 Å². The Morgan fingerprint density at radius 2 is 1.83 bits per heavy atom. The smallest absolute Gasteiger partial charge is 0.157 e. The normalized spacial score (nSPS) is 30.3. The molecule has 3 rings (SSSR count). The molecule has 0 heterocycles. The molecule has 92 valence electrons. The van der Waals surface area contributed by atoms with E-state index in [1.807, 2.05) is 0 Å². The number of fused-ring (bicyclic) bond motifs is 1. The Morgan fingerprint density at radius 3 is 2.39 bits per heavy atom. The summed E-state index contributed by atoms with van der Waals surface area (Å²) in [6, 6.07) is 9.19. The molecule has 1 aromatic rings. The number of nitrogens with zero attached hydrogens (tertiary/aromatic N) is 1. The van der Waals surface area contributed by atoms with Gasteiger partial charge in [0.1, 0.15) is 5.92 Å². The highest BCUT2D eigenvalue weighted by Crippen LogP contribution is 2.55. The van der Waals surface area contributed by atoms with Crippen LogP contribution in [0.3, 0.4) is 0 Å². The number of Topliss-reactive ketones (excluding diaryl/α,β-unsaturated/α-hetero) is 1. The van der Waals surface area contributed by atoms with E-state index in [9.17, 15) is 10.1 Å². The standard InChI is InChI=1S/C15H14ClNO/c16-13-3-1-9(2-4-13)14(8-17)15(18)12-6-10-5-11(10)7-12/h1-4,10-12,14H,5-7H2. The molecule has 3 atom stereocenters. The molecule has 0 aliphatic heterocycles. The molecule has 3 heteroatoms. The van der Waals surface area contributed by atoms with Gasteiger partial charge in [0.15, 0.2) is 5.78 Å². The van der Waals surface area contributed by atoms with Gasteiger partial charge < -0.3 is 0 Å². The van der Waals surface area contributed by atoms with E-state index in [2.05, 4.69) is 6.07 Å². The van der Waals surface area contributed by atoms with Gasteiger partial charge in [-0.05, 0) is 48.8 Å². The quantitative estimate of drug-likeness (QED) is 0.833. The number of rotatable bonds is 3. The highest BCUT2D eigenvalue weighted by Gasteiger charge is 2.49. The molecule has 0 aromatic heterocycles. The van der Waals surface area contributed by atoms with Gasteiger partial charge in [0, 0.05) is 10.9 Å². The lowest BCUT2D eigenvalue weighted by atomic mass is 9.86. The highest BCUT2D eigenvalue weighted by molar-refractivity contribution is 6.30. The molecule has 0 bridgehead atoms. The molecule has 0 radical (unpaired) electrons. The van der Waals surface area contributed by atoms with Crippen LogP contribution < -0.4 is 0 Å². The number of benzene rings is 1. The second-order valence-corrected chi connectivity index (χ2v) is 5.88. The van der Waals surface area contributed by atoms with Crippen molar-refractivity contribution in [2.75, 3.05) is 0 Å². The van der Waals surface area contributed by atoms with Crippen LogP contribution in [-0.4, -0.2) is 5.78 Å². The third-order valence-electron chi connectivity index (χ3n) is 4.26. The van der Waals surface area contributed by atoms with Crippen LogP contribution in [0.25, 0.3) is 0 Å². The molecular formula is C15H14ClNO. The van der Waals surface area contributed by atoms with Crippen molar-refractivity contribution in [3.63, 3.8) is 0 Å². The van der Waals surface area contributed by atoms with Gasteiger partial charge in [0.05, 0.1) is 6.07 Å². The summed E-state index contributed by atoms with van der Waals surface area (Å²) in [5, 5.41) is 9.88. The molecule has 3 unspecified atom stereocenters. The fourth-order valence-electron chi connectivity index (χ4n) is 3.14. The Bertz CT molecular complexity index is 506. The zero-order valence-electron chi connectivity index (χ0n) is 9.97. The number of nitriles is 1. The number of hydrogen-bond donors (Lipinski definition) is 0. The fourth-order valence-corrected chi connectivity index (χ4v) is 3.27. The zero-order valence-corrected chi connectivity index (χ0v) is 10.7. The average Bonchev–Trinajstić information content (AvgIpc) is 2.99. The summed E-state index contributed by atoms with van der Waals surface area (Å²) in [6.07, 6.45) is 3.28. The number of halogens is 1. The van der Waals surface area contributed by atoms with E-state index in [1.165, 1.54) is 6.42 Å². The Hall–Kier alpha value is -1.33. The van der Waals surface area contributed by atoms with Crippen molar-refractivity contribution in [2.24, 2.45) is 17.8 Å². The molecule has 2 saturated carbocycles. The Balaban J connectivity index is 1.77. The molecule has 0 N–H and O–H groups in total. The molecule has 1 aromatic carbocycles. The van der Waals surface area contributed by atoms with Crippen LogP contribution in [-0.2, 0) is 4.79 Å². The van der Waals surface area contributed by atoms with Crippen molar-refractivity contribution in [1.82, 2.24) is 0 Å². The largest absolute Gasteiger partial charge is 0.298 e. The molecule has 0 saturated heterocycles. The van der Waals surface area contributed by atoms with Crippen LogP contribution in [0.4, 0.5) is 0 Å². The molecular weight excluding hydrogens is 246 g/mol. The molecule has 2 aliphatic rings. The van der Waals surface area contributed by atoms with Crippen LogP contribution in [0, 0.1) is 29.1 Å². The summed E-state index contributed by atoms with van der Waals surface area (Å²) in [5.41, 5.74) is 0.771. The highest BCUT2D eigenvalue weighted by atomic mass is 35.5. The molecule has 2 nitrogen and oxygen atoms in total. The van der Waals surface area contributed by atoms with E-state index in [0.717, 1.165) is 30.2 Å². The lowest BCUT2D eigenvalue weighted by Gasteiger charge is -2.15. The molecule has 0 spiro atoms. The monoisotopic (exact) mass is 259 g/mol. The van der Waals surface area contributed by atoms with Gasteiger partial charge in [-0.15, -0.1) is 0 Å². The van der Waals surface area contributed by atoms with Crippen molar-refractivity contribution < 1.29 is 4.79 Å². The second kappa shape index (κ2) is 4.40. The van der Waals surface area contributed by atoms with Gasteiger partial charge in [0.25, 0.3) is 0 Å². The van der Waals surface area contributed by atoms with Gasteiger partial charge in [-0.2, -0.15) is 5.26 Å². The fraction of sp³-hybridized carbons (Fsp3) is 0.467. The van der Waals surface area contributed by atoms with E-state index in [0.29, 0.717) is 5.02 Å². The van der Waals surface area contributed by atoms with E-state index < -0.39 is 5.92 Å². The predicted molar refractivity (Wildman–Crippen MR) is 69.1 cm³/mol. The minimum absolute atomic E-state index is 0.104. The summed E-state index contributed by atoms with van der Waals surface area (Å²) in [6.45, 7) is 0. The zero-order chi connectivity index (χ0) is 12.7. The summed E-state index contributed by atoms with van der Waals surface area (Å²) >= 11 is 5.82. The summed E-state index contributed by atoms with van der Waals surface area (Å²) < 4.78 is 0. The number of carbonyl (C=O) groups excluding carboxylic acids is 1. The van der Waals surface area contributed by atoms with Crippen LogP contribution in [0.15, 0.2) is 24.3 Å².